The van der Waals surface area contributed by atoms with E-state index in [4.69, 9.17) is 14.2 Å². The molecule has 1 heterocycles. The molecular formula is C20H27N3O7. The Morgan fingerprint density at radius 3 is 2.50 bits per heavy atom. The maximum atomic E-state index is 12.8. The maximum absolute atomic E-state index is 12.8. The summed E-state index contributed by atoms with van der Waals surface area (Å²) in [6.45, 7) is 5.83. The van der Waals surface area contributed by atoms with Gasteiger partial charge >= 0.3 is 12.0 Å². The van der Waals surface area contributed by atoms with Crippen molar-refractivity contribution in [3.05, 3.63) is 39.1 Å². The van der Waals surface area contributed by atoms with Crippen LogP contribution in [0, 0.1) is 10.1 Å². The van der Waals surface area contributed by atoms with Gasteiger partial charge < -0.3 is 24.8 Å². The highest BCUT2D eigenvalue weighted by molar-refractivity contribution is 5.95. The zero-order valence-corrected chi connectivity index (χ0v) is 17.6. The van der Waals surface area contributed by atoms with Crippen LogP contribution in [0.5, 0.6) is 11.5 Å². The monoisotopic (exact) mass is 421 g/mol. The first-order chi connectivity index (χ1) is 14.4. The molecular weight excluding hydrogens is 394 g/mol. The molecule has 0 saturated carbocycles. The van der Waals surface area contributed by atoms with Gasteiger partial charge in [0, 0.05) is 5.70 Å². The quantitative estimate of drug-likeness (QED) is 0.337. The van der Waals surface area contributed by atoms with E-state index >= 15 is 0 Å². The molecule has 0 aliphatic carbocycles. The number of carbonyl (C=O) groups excluding carboxylic acids is 2. The first kappa shape index (κ1) is 23.0. The second-order valence-electron chi connectivity index (χ2n) is 6.50. The molecule has 1 aromatic carbocycles. The first-order valence-electron chi connectivity index (χ1n) is 9.84. The van der Waals surface area contributed by atoms with Crippen LogP contribution in [0.3, 0.4) is 0 Å². The zero-order chi connectivity index (χ0) is 22.3. The largest absolute Gasteiger partial charge is 0.493 e. The third kappa shape index (κ3) is 5.00. The molecule has 2 rings (SSSR count). The Labute approximate surface area is 174 Å². The van der Waals surface area contributed by atoms with Crippen molar-refractivity contribution in [2.24, 2.45) is 0 Å². The molecule has 1 aliphatic heterocycles. The summed E-state index contributed by atoms with van der Waals surface area (Å²) in [4.78, 5) is 36.3. The van der Waals surface area contributed by atoms with Gasteiger partial charge in [-0.3, -0.25) is 10.1 Å². The molecule has 1 atom stereocenters. The number of hydrogen-bond acceptors (Lipinski definition) is 7. The highest BCUT2D eigenvalue weighted by Crippen LogP contribution is 2.41. The number of allylic oxidation sites excluding steroid dienone is 1. The standard InChI is InChI=1S/C20H27N3O7/c1-5-8-9-13-17(19(24)30-7-3)18(22-20(25)21-13)12-10-16(29-6-2)15(28-4)11-14(12)23(26)27/h10-11,18H,5-9H2,1-4H3,(H2,21,22,25). The van der Waals surface area contributed by atoms with E-state index in [0.717, 1.165) is 12.8 Å². The van der Waals surface area contributed by atoms with Gasteiger partial charge in [0.15, 0.2) is 11.5 Å². The van der Waals surface area contributed by atoms with Gasteiger partial charge in [0.25, 0.3) is 5.69 Å². The Morgan fingerprint density at radius 2 is 1.93 bits per heavy atom. The van der Waals surface area contributed by atoms with Crippen molar-refractivity contribution in [3.63, 3.8) is 0 Å². The van der Waals surface area contributed by atoms with E-state index in [1.54, 1.807) is 13.8 Å². The number of nitrogens with zero attached hydrogens (tertiary/aromatic N) is 1. The summed E-state index contributed by atoms with van der Waals surface area (Å²) in [5.41, 5.74) is 0.336. The van der Waals surface area contributed by atoms with Crippen LogP contribution in [-0.2, 0) is 9.53 Å². The molecule has 0 radical (unpaired) electrons. The third-order valence-electron chi connectivity index (χ3n) is 4.55. The molecule has 30 heavy (non-hydrogen) atoms. The fourth-order valence-electron chi connectivity index (χ4n) is 3.23. The van der Waals surface area contributed by atoms with Crippen molar-refractivity contribution in [2.75, 3.05) is 20.3 Å². The number of carbonyl (C=O) groups is 2. The minimum Gasteiger partial charge on any atom is -0.493 e. The van der Waals surface area contributed by atoms with Crippen molar-refractivity contribution in [1.29, 1.82) is 0 Å². The summed E-state index contributed by atoms with van der Waals surface area (Å²) in [6.07, 6.45) is 1.99. The van der Waals surface area contributed by atoms with Gasteiger partial charge in [0.2, 0.25) is 0 Å². The lowest BCUT2D eigenvalue weighted by molar-refractivity contribution is -0.385. The zero-order valence-electron chi connectivity index (χ0n) is 17.6. The van der Waals surface area contributed by atoms with Crippen LogP contribution in [0.2, 0.25) is 0 Å². The van der Waals surface area contributed by atoms with E-state index in [1.165, 1.54) is 19.2 Å². The number of hydrogen-bond donors (Lipinski definition) is 2. The molecule has 0 saturated heterocycles. The fraction of sp³-hybridized carbons (Fsp3) is 0.500. The first-order valence-corrected chi connectivity index (χ1v) is 9.84. The second-order valence-corrected chi connectivity index (χ2v) is 6.50. The molecule has 164 valence electrons. The molecule has 1 aromatic rings. The Hall–Kier alpha value is -3.30. The minimum atomic E-state index is -1.07. The highest BCUT2D eigenvalue weighted by atomic mass is 16.6. The topological polar surface area (TPSA) is 129 Å². The van der Waals surface area contributed by atoms with E-state index in [9.17, 15) is 19.7 Å². The predicted octanol–water partition coefficient (Wildman–Crippen LogP) is 3.36. The predicted molar refractivity (Wildman–Crippen MR) is 108 cm³/mol. The van der Waals surface area contributed by atoms with Crippen molar-refractivity contribution in [2.45, 2.75) is 46.1 Å². The van der Waals surface area contributed by atoms with Gasteiger partial charge in [-0.15, -0.1) is 0 Å². The molecule has 0 aromatic heterocycles. The van der Waals surface area contributed by atoms with E-state index in [2.05, 4.69) is 10.6 Å². The number of unbranched alkanes of at least 4 members (excludes halogenated alkanes) is 1. The van der Waals surface area contributed by atoms with Crippen LogP contribution in [0.4, 0.5) is 10.5 Å². The SMILES string of the molecule is CCCCC1=C(C(=O)OCC)C(c2cc(OCC)c(OC)cc2[N+](=O)[O-])NC(=O)N1. The van der Waals surface area contributed by atoms with Crippen LogP contribution in [0.25, 0.3) is 0 Å². The number of ether oxygens (including phenoxy) is 3. The third-order valence-corrected chi connectivity index (χ3v) is 4.55. The molecule has 2 amide bonds. The van der Waals surface area contributed by atoms with Crippen molar-refractivity contribution < 1.29 is 28.7 Å². The van der Waals surface area contributed by atoms with E-state index < -0.39 is 23.0 Å². The smallest absolute Gasteiger partial charge is 0.338 e. The summed E-state index contributed by atoms with van der Waals surface area (Å²) in [7, 11) is 1.38. The van der Waals surface area contributed by atoms with Gasteiger partial charge in [0.05, 0.1) is 48.5 Å². The number of amides is 2. The minimum absolute atomic E-state index is 0.108. The van der Waals surface area contributed by atoms with E-state index in [1.807, 2.05) is 6.92 Å². The Bertz CT molecular complexity index is 851. The average molecular weight is 421 g/mol. The average Bonchev–Trinajstić information content (AvgIpc) is 2.71. The lowest BCUT2D eigenvalue weighted by Crippen LogP contribution is -2.46. The molecule has 2 N–H and O–H groups in total. The van der Waals surface area contributed by atoms with Crippen molar-refractivity contribution >= 4 is 17.7 Å². The van der Waals surface area contributed by atoms with Gasteiger partial charge in [-0.25, -0.2) is 9.59 Å². The Balaban J connectivity index is 2.72. The van der Waals surface area contributed by atoms with Crippen molar-refractivity contribution in [1.82, 2.24) is 10.6 Å². The summed E-state index contributed by atoms with van der Waals surface area (Å²) in [5.74, 6) is -0.198. The van der Waals surface area contributed by atoms with E-state index in [0.29, 0.717) is 18.7 Å². The summed E-state index contributed by atoms with van der Waals surface area (Å²) >= 11 is 0. The number of esters is 1. The van der Waals surface area contributed by atoms with Crippen molar-refractivity contribution in [3.8, 4) is 11.5 Å². The van der Waals surface area contributed by atoms with Crippen LogP contribution < -0.4 is 20.1 Å². The van der Waals surface area contributed by atoms with Gasteiger partial charge in [-0.1, -0.05) is 13.3 Å². The van der Waals surface area contributed by atoms with Gasteiger partial charge in [-0.2, -0.15) is 0 Å². The maximum Gasteiger partial charge on any atom is 0.338 e. The molecule has 1 aliphatic rings. The van der Waals surface area contributed by atoms with Gasteiger partial charge in [0.1, 0.15) is 0 Å². The number of urea groups is 1. The number of nitrogens with one attached hydrogen (secondary N) is 2. The normalized spacial score (nSPS) is 15.9. The van der Waals surface area contributed by atoms with Gasteiger partial charge in [-0.05, 0) is 32.8 Å². The molecule has 0 fully saturated rings. The van der Waals surface area contributed by atoms with Crippen LogP contribution >= 0.6 is 0 Å². The van der Waals surface area contributed by atoms with Crippen LogP contribution in [0.1, 0.15) is 51.6 Å². The Kier molecular flexibility index (Phi) is 8.02. The number of methoxy groups -OCH3 is 1. The van der Waals surface area contributed by atoms with Crippen LogP contribution in [-0.4, -0.2) is 37.2 Å². The lowest BCUT2D eigenvalue weighted by Gasteiger charge is -2.29. The molecule has 1 unspecified atom stereocenters. The molecule has 10 nitrogen and oxygen atoms in total. The second kappa shape index (κ2) is 10.5. The number of benzene rings is 1. The number of rotatable bonds is 10. The summed E-state index contributed by atoms with van der Waals surface area (Å²) < 4.78 is 15.9. The molecule has 10 heteroatoms. The van der Waals surface area contributed by atoms with E-state index in [-0.39, 0.29) is 34.9 Å². The fourth-order valence-corrected chi connectivity index (χ4v) is 3.23. The summed E-state index contributed by atoms with van der Waals surface area (Å²) in [6, 6.07) is 1.02. The lowest BCUT2D eigenvalue weighted by atomic mass is 9.92. The Morgan fingerprint density at radius 1 is 1.20 bits per heavy atom. The molecule has 0 bridgehead atoms. The molecule has 0 spiro atoms. The number of nitro groups is 1. The number of nitro benzene ring substituents is 1. The summed E-state index contributed by atoms with van der Waals surface area (Å²) in [5, 5.41) is 17.1. The highest BCUT2D eigenvalue weighted by Gasteiger charge is 2.38. The van der Waals surface area contributed by atoms with Crippen LogP contribution in [0.15, 0.2) is 23.4 Å².